The summed E-state index contributed by atoms with van der Waals surface area (Å²) in [6.45, 7) is 13.2. The van der Waals surface area contributed by atoms with Gasteiger partial charge in [-0.1, -0.05) is 60.1 Å². The fraction of sp³-hybridized carbons (Fsp3) is 0.893. The van der Waals surface area contributed by atoms with Gasteiger partial charge < -0.3 is 103 Å². The Morgan fingerprint density at radius 1 is 0.654 bits per heavy atom. The summed E-state index contributed by atoms with van der Waals surface area (Å²) >= 11 is 0. The first-order valence-electron chi connectivity index (χ1n) is 28.3. The largest absolute Gasteiger partial charge is 0.467 e. The summed E-state index contributed by atoms with van der Waals surface area (Å²) in [5.41, 5.74) is -1.59. The van der Waals surface area contributed by atoms with Gasteiger partial charge in [0.15, 0.2) is 25.0 Å². The molecule has 0 aromatic heterocycles. The molecule has 4 saturated carbocycles. The van der Waals surface area contributed by atoms with Crippen LogP contribution in [0.5, 0.6) is 0 Å². The molecule has 0 aromatic rings. The highest BCUT2D eigenvalue weighted by molar-refractivity contribution is 5.79. The van der Waals surface area contributed by atoms with Gasteiger partial charge in [0, 0.05) is 0 Å². The molecule has 8 aliphatic rings. The lowest BCUT2D eigenvalue weighted by atomic mass is 9.33. The second-order valence-electron chi connectivity index (χ2n) is 26.0. The highest BCUT2D eigenvalue weighted by atomic mass is 16.8. The third kappa shape index (κ3) is 11.1. The van der Waals surface area contributed by atoms with E-state index in [4.69, 9.17) is 47.4 Å². The molecule has 10 N–H and O–H groups in total. The van der Waals surface area contributed by atoms with Crippen molar-refractivity contribution in [2.45, 2.75) is 223 Å². The summed E-state index contributed by atoms with van der Waals surface area (Å²) < 4.78 is 63.0. The number of methoxy groups -OCH3 is 3. The van der Waals surface area contributed by atoms with E-state index in [1.165, 1.54) is 5.57 Å². The van der Waals surface area contributed by atoms with Crippen molar-refractivity contribution in [1.29, 1.82) is 0 Å². The Kier molecular flexibility index (Phi) is 19.0. The van der Waals surface area contributed by atoms with Crippen molar-refractivity contribution in [1.82, 2.24) is 0 Å². The lowest BCUT2D eigenvalue weighted by molar-refractivity contribution is -0.387. The van der Waals surface area contributed by atoms with E-state index in [9.17, 15) is 70.2 Å². The molecule has 7 fully saturated rings. The quantitative estimate of drug-likeness (QED) is 0.0303. The van der Waals surface area contributed by atoms with Crippen molar-refractivity contribution < 1.29 is 122 Å². The summed E-state index contributed by atoms with van der Waals surface area (Å²) in [4.78, 5) is 53.5. The first-order chi connectivity index (χ1) is 37.9. The van der Waals surface area contributed by atoms with Gasteiger partial charge in [-0.25, -0.2) is 14.4 Å². The second kappa shape index (κ2) is 24.0. The minimum Gasteiger partial charge on any atom is -0.467 e. The molecule has 3 aliphatic heterocycles. The third-order valence-electron chi connectivity index (χ3n) is 21.0. The van der Waals surface area contributed by atoms with Gasteiger partial charge in [0.05, 0.1) is 46.1 Å². The van der Waals surface area contributed by atoms with Crippen LogP contribution in [0.1, 0.15) is 113 Å². The Balaban J connectivity index is 1.11. The van der Waals surface area contributed by atoms with Crippen LogP contribution in [-0.2, 0) is 71.3 Å². The number of carbonyl (C=O) groups excluding carboxylic acids is 4. The molecule has 25 atom stereocenters. The van der Waals surface area contributed by atoms with Crippen LogP contribution in [0.4, 0.5) is 0 Å². The summed E-state index contributed by atoms with van der Waals surface area (Å²) in [6, 6.07) is 0. The van der Waals surface area contributed by atoms with Crippen LogP contribution in [0, 0.1) is 50.2 Å². The summed E-state index contributed by atoms with van der Waals surface area (Å²) in [7, 11) is 3.05. The smallest absolute Gasteiger partial charge is 0.340 e. The number of fused-ring (bicyclic) bond motifs is 7. The summed E-state index contributed by atoms with van der Waals surface area (Å²) in [5, 5.41) is 108. The predicted molar refractivity (Wildman–Crippen MR) is 274 cm³/mol. The highest BCUT2D eigenvalue weighted by Gasteiger charge is 2.70. The Morgan fingerprint density at radius 2 is 1.27 bits per heavy atom. The maximum Gasteiger partial charge on any atom is 0.340 e. The zero-order chi connectivity index (χ0) is 59.7. The topological polar surface area (TPSA) is 372 Å². The molecule has 25 heteroatoms. The lowest BCUT2D eigenvalue weighted by Gasteiger charge is -2.71. The number of esters is 4. The van der Waals surface area contributed by atoms with E-state index in [2.05, 4.69) is 59.3 Å². The molecule has 25 nitrogen and oxygen atoms in total. The zero-order valence-corrected chi connectivity index (χ0v) is 48.0. The van der Waals surface area contributed by atoms with Crippen LogP contribution in [-0.4, -0.2) is 227 Å². The minimum atomic E-state index is -2.30. The van der Waals surface area contributed by atoms with Crippen LogP contribution < -0.4 is 0 Å². The lowest BCUT2D eigenvalue weighted by Crippen LogP contribution is -2.68. The van der Waals surface area contributed by atoms with Gasteiger partial charge in [-0.15, -0.1) is 0 Å². The number of rotatable bonds is 16. The molecule has 81 heavy (non-hydrogen) atoms. The molecular formula is C56H88O25. The standard InChI is InChI=1S/C56H88O25/c1-51(2)17-19-56(50(70)81-48-38(65)36(63)34(61)28(23-58)76-48)20-18-54(6)25(26(56)21-51)11-12-30-53(5)15-14-31(52(3,4)29(53)13-16-55(30,54)7)77-49-43(80-47-37(64)35(62)33(60)27(22-57)75-47)41(39(66)42(79-49)45(69)73-10)78-46(40(67)44(68)72-9)74-24-32(59)71-8/h11,26-31,33-43,46-49,57-58,60-67H,12-24H2,1-10H3/t26-,27+,28+,29-,30+,31-,33+,34+,35-,36-,37+,38+,39-,40?,41-,42-,43+,46?,47-,48-,49+,53-,54+,55+,56-/m0/s1. The monoisotopic (exact) mass is 1160 g/mol. The average Bonchev–Trinajstić information content (AvgIpc) is 2.38. The minimum absolute atomic E-state index is 0.0288. The SMILES string of the molecule is COC(=O)COC(O[C@H]1[C@H](O)[C@@H](C(=O)OC)O[C@@H](O[C@H]2CC[C@]3(C)[C@H]4CC=C5[C@@H]6CC(C)(C)CC[C@]6(C(=O)O[C@@H]6O[C@H](CO)[C@@H](O)[C@H](O)[C@H]6O)CC[C@@]5(C)[C@]4(C)CC[C@H]3C2(C)C)[C@@H]1O[C@@H]1O[C@H](CO)[C@@H](O)[C@H](O)[C@H]1O)C(O)C(=O)OC. The van der Waals surface area contributed by atoms with Crippen molar-refractivity contribution >= 4 is 23.9 Å². The molecule has 0 radical (unpaired) electrons. The van der Waals surface area contributed by atoms with Gasteiger partial charge in [-0.2, -0.15) is 0 Å². The van der Waals surface area contributed by atoms with E-state index in [-0.39, 0.29) is 39.4 Å². The molecular weight excluding hydrogens is 1070 g/mol. The van der Waals surface area contributed by atoms with Crippen LogP contribution in [0.2, 0.25) is 0 Å². The molecule has 8 rings (SSSR count). The number of allylic oxidation sites excluding steroid dienone is 2. The van der Waals surface area contributed by atoms with Gasteiger partial charge in [0.25, 0.3) is 0 Å². The molecule has 0 amide bonds. The number of ether oxygens (including phenoxy) is 11. The first-order valence-corrected chi connectivity index (χ1v) is 28.3. The Hall–Kier alpha value is -3.06. The van der Waals surface area contributed by atoms with E-state index in [1.807, 2.05) is 0 Å². The average molecular weight is 1160 g/mol. The fourth-order valence-electron chi connectivity index (χ4n) is 16.1. The van der Waals surface area contributed by atoms with Crippen LogP contribution in [0.25, 0.3) is 0 Å². The van der Waals surface area contributed by atoms with Crippen molar-refractivity contribution in [3.8, 4) is 0 Å². The molecule has 462 valence electrons. The molecule has 2 unspecified atom stereocenters. The first kappa shape index (κ1) is 63.9. The number of aliphatic hydroxyl groups excluding tert-OH is 10. The highest BCUT2D eigenvalue weighted by Crippen LogP contribution is 2.76. The Morgan fingerprint density at radius 3 is 1.88 bits per heavy atom. The van der Waals surface area contributed by atoms with E-state index in [0.717, 1.165) is 40.6 Å². The van der Waals surface area contributed by atoms with E-state index in [1.54, 1.807) is 0 Å². The van der Waals surface area contributed by atoms with Crippen molar-refractivity contribution in [2.24, 2.45) is 50.2 Å². The van der Waals surface area contributed by atoms with Gasteiger partial charge in [0.1, 0.15) is 73.8 Å². The van der Waals surface area contributed by atoms with Gasteiger partial charge in [0.2, 0.25) is 12.4 Å². The van der Waals surface area contributed by atoms with Crippen molar-refractivity contribution in [2.75, 3.05) is 41.2 Å². The molecule has 3 saturated heterocycles. The molecule has 0 bridgehead atoms. The maximum absolute atomic E-state index is 14.8. The molecule has 0 spiro atoms. The molecule has 5 aliphatic carbocycles. The van der Waals surface area contributed by atoms with Gasteiger partial charge in [-0.3, -0.25) is 4.79 Å². The zero-order valence-electron chi connectivity index (χ0n) is 48.0. The normalized spacial score (nSPS) is 46.2. The number of carbonyl (C=O) groups is 4. The Labute approximate surface area is 471 Å². The van der Waals surface area contributed by atoms with E-state index >= 15 is 0 Å². The fourth-order valence-corrected chi connectivity index (χ4v) is 16.1. The molecule has 0 aromatic carbocycles. The van der Waals surface area contributed by atoms with Gasteiger partial charge >= 0.3 is 23.9 Å². The number of hydrogen-bond donors (Lipinski definition) is 10. The van der Waals surface area contributed by atoms with Crippen molar-refractivity contribution in [3.05, 3.63) is 11.6 Å². The van der Waals surface area contributed by atoms with Crippen molar-refractivity contribution in [3.63, 3.8) is 0 Å². The second-order valence-corrected chi connectivity index (χ2v) is 26.0. The van der Waals surface area contributed by atoms with Crippen LogP contribution >= 0.6 is 0 Å². The predicted octanol–water partition coefficient (Wildman–Crippen LogP) is -0.605. The number of hydrogen-bond acceptors (Lipinski definition) is 25. The van der Waals surface area contributed by atoms with E-state index < -0.39 is 165 Å². The van der Waals surface area contributed by atoms with Gasteiger partial charge in [-0.05, 0) is 109 Å². The maximum atomic E-state index is 14.8. The van der Waals surface area contributed by atoms with E-state index in [0.29, 0.717) is 44.9 Å². The Bertz CT molecular complexity index is 2290. The molecule has 3 heterocycles. The summed E-state index contributed by atoms with van der Waals surface area (Å²) in [5.74, 6) is -4.05. The third-order valence-corrected chi connectivity index (χ3v) is 21.0. The van der Waals surface area contributed by atoms with Crippen LogP contribution in [0.15, 0.2) is 11.6 Å². The number of aliphatic hydroxyl groups is 10. The summed E-state index contributed by atoms with van der Waals surface area (Å²) in [6.07, 6.45) is -23.1. The van der Waals surface area contributed by atoms with Crippen LogP contribution in [0.3, 0.4) is 0 Å².